The van der Waals surface area contributed by atoms with Gasteiger partial charge in [0, 0.05) is 11.8 Å². The lowest BCUT2D eigenvalue weighted by molar-refractivity contribution is -0.140. The summed E-state index contributed by atoms with van der Waals surface area (Å²) in [5.74, 6) is 0.369. The lowest BCUT2D eigenvalue weighted by atomic mass is 9.85. The molecule has 0 fully saturated rings. The van der Waals surface area contributed by atoms with Crippen molar-refractivity contribution in [3.05, 3.63) is 65.7 Å². The predicted molar refractivity (Wildman–Crippen MR) is 124 cm³/mol. The first kappa shape index (κ1) is 26.3. The Morgan fingerprint density at radius 3 is 2.03 bits per heavy atom. The minimum Gasteiger partial charge on any atom is -0.497 e. The van der Waals surface area contributed by atoms with Crippen molar-refractivity contribution in [3.63, 3.8) is 0 Å². The zero-order chi connectivity index (χ0) is 23.3. The second kappa shape index (κ2) is 14.2. The van der Waals surface area contributed by atoms with Crippen LogP contribution in [0.3, 0.4) is 0 Å². The average Bonchev–Trinajstić information content (AvgIpc) is 2.84. The second-order valence-corrected chi connectivity index (χ2v) is 8.15. The van der Waals surface area contributed by atoms with Crippen LogP contribution in [-0.4, -0.2) is 49.0 Å². The topological polar surface area (TPSA) is 77.4 Å². The maximum absolute atomic E-state index is 11.0. The van der Waals surface area contributed by atoms with E-state index in [0.29, 0.717) is 13.2 Å². The maximum Gasteiger partial charge on any atom is 0.147 e. The van der Waals surface area contributed by atoms with Crippen molar-refractivity contribution in [2.24, 2.45) is 11.8 Å². The van der Waals surface area contributed by atoms with Crippen LogP contribution < -0.4 is 4.74 Å². The summed E-state index contributed by atoms with van der Waals surface area (Å²) < 4.78 is 22.6. The molecule has 5 atom stereocenters. The molecule has 0 amide bonds. The Labute approximate surface area is 192 Å². The predicted octanol–water partition coefficient (Wildman–Crippen LogP) is 4.18. The third-order valence-electron chi connectivity index (χ3n) is 5.93. The highest BCUT2D eigenvalue weighted by Gasteiger charge is 2.32. The quantitative estimate of drug-likeness (QED) is 0.316. The molecular weight excluding hydrogens is 408 g/mol. The van der Waals surface area contributed by atoms with Crippen LogP contribution in [0.2, 0.25) is 0 Å². The van der Waals surface area contributed by atoms with Crippen molar-refractivity contribution in [3.8, 4) is 5.75 Å². The number of hydrogen-bond acceptors (Lipinski definition) is 6. The van der Waals surface area contributed by atoms with Gasteiger partial charge >= 0.3 is 0 Å². The summed E-state index contributed by atoms with van der Waals surface area (Å²) >= 11 is 0. The Hall–Kier alpha value is -1.96. The van der Waals surface area contributed by atoms with Gasteiger partial charge in [0.2, 0.25) is 0 Å². The summed E-state index contributed by atoms with van der Waals surface area (Å²) in [4.78, 5) is 0. The van der Waals surface area contributed by atoms with Gasteiger partial charge in [-0.3, -0.25) is 0 Å². The summed E-state index contributed by atoms with van der Waals surface area (Å²) in [7, 11) is 1.63. The fourth-order valence-electron chi connectivity index (χ4n) is 3.73. The number of hydrogen-bond donors (Lipinski definition) is 2. The van der Waals surface area contributed by atoms with Gasteiger partial charge in [-0.2, -0.15) is 0 Å². The van der Waals surface area contributed by atoms with Crippen LogP contribution in [0.15, 0.2) is 54.6 Å². The van der Waals surface area contributed by atoms with Gasteiger partial charge in [0.05, 0.1) is 45.2 Å². The molecule has 0 aliphatic heterocycles. The van der Waals surface area contributed by atoms with Gasteiger partial charge in [-0.1, -0.05) is 63.2 Å². The minimum atomic E-state index is -0.693. The van der Waals surface area contributed by atoms with Crippen molar-refractivity contribution in [2.45, 2.75) is 58.7 Å². The number of benzene rings is 2. The highest BCUT2D eigenvalue weighted by molar-refractivity contribution is 5.26. The van der Waals surface area contributed by atoms with Gasteiger partial charge in [0.1, 0.15) is 12.5 Å². The molecule has 0 saturated carbocycles. The van der Waals surface area contributed by atoms with Crippen molar-refractivity contribution >= 4 is 0 Å². The first-order valence-electron chi connectivity index (χ1n) is 11.3. The Morgan fingerprint density at radius 1 is 0.812 bits per heavy atom. The number of ether oxygens (including phenoxy) is 4. The summed E-state index contributed by atoms with van der Waals surface area (Å²) in [6.45, 7) is 6.71. The van der Waals surface area contributed by atoms with Crippen LogP contribution in [-0.2, 0) is 27.4 Å². The SMILES string of the molecule is CC[C@@H](OCOCc1ccccc1)[C@H](C)[C@H](O)[C@@H](C)[C@@H](CO)OCc1ccc(OC)cc1. The molecule has 0 spiro atoms. The number of aliphatic hydroxyl groups excluding tert-OH is 2. The van der Waals surface area contributed by atoms with Gasteiger partial charge in [0.25, 0.3) is 0 Å². The molecule has 6 heteroatoms. The molecule has 2 N–H and O–H groups in total. The summed E-state index contributed by atoms with van der Waals surface area (Å²) in [5.41, 5.74) is 2.06. The summed E-state index contributed by atoms with van der Waals surface area (Å²) in [5, 5.41) is 20.8. The van der Waals surface area contributed by atoms with E-state index in [4.69, 9.17) is 18.9 Å². The van der Waals surface area contributed by atoms with Crippen LogP contribution in [0.25, 0.3) is 0 Å². The normalized spacial score (nSPS) is 16.2. The van der Waals surface area contributed by atoms with Gasteiger partial charge in [-0.05, 0) is 29.7 Å². The molecule has 32 heavy (non-hydrogen) atoms. The van der Waals surface area contributed by atoms with Crippen molar-refractivity contribution in [2.75, 3.05) is 20.5 Å². The second-order valence-electron chi connectivity index (χ2n) is 8.15. The zero-order valence-corrected chi connectivity index (χ0v) is 19.6. The van der Waals surface area contributed by atoms with Gasteiger partial charge in [0.15, 0.2) is 0 Å². The Balaban J connectivity index is 1.82. The van der Waals surface area contributed by atoms with E-state index in [1.165, 1.54) is 0 Å². The molecule has 6 nitrogen and oxygen atoms in total. The van der Waals surface area contributed by atoms with E-state index in [1.807, 2.05) is 75.4 Å². The average molecular weight is 447 g/mol. The Morgan fingerprint density at radius 2 is 1.44 bits per heavy atom. The molecular formula is C26H38O6. The standard InChI is InChI=1S/C26H38O6/c1-5-24(32-18-30-16-21-9-7-6-8-10-21)19(2)26(28)20(3)25(15-27)31-17-22-11-13-23(29-4)14-12-22/h6-14,19-20,24-28H,5,15-18H2,1-4H3/t19-,20-,24+,25+,26-/m0/s1. The first-order valence-corrected chi connectivity index (χ1v) is 11.3. The van der Waals surface area contributed by atoms with E-state index in [1.54, 1.807) is 7.11 Å². The van der Waals surface area contributed by atoms with E-state index >= 15 is 0 Å². The third kappa shape index (κ3) is 8.19. The van der Waals surface area contributed by atoms with Crippen LogP contribution in [0.5, 0.6) is 5.75 Å². The molecule has 0 heterocycles. The van der Waals surface area contributed by atoms with E-state index < -0.39 is 12.2 Å². The van der Waals surface area contributed by atoms with Crippen molar-refractivity contribution < 1.29 is 29.2 Å². The lowest BCUT2D eigenvalue weighted by Gasteiger charge is -2.34. The molecule has 178 valence electrons. The highest BCUT2D eigenvalue weighted by Crippen LogP contribution is 2.25. The van der Waals surface area contributed by atoms with Gasteiger partial charge in [-0.25, -0.2) is 0 Å². The monoisotopic (exact) mass is 446 g/mol. The number of aliphatic hydroxyl groups is 2. The summed E-state index contributed by atoms with van der Waals surface area (Å²) in [6, 6.07) is 17.5. The molecule has 0 unspecified atom stereocenters. The van der Waals surface area contributed by atoms with Gasteiger partial charge < -0.3 is 29.2 Å². The minimum absolute atomic E-state index is 0.144. The first-order chi connectivity index (χ1) is 15.5. The molecule has 2 rings (SSSR count). The molecule has 0 bridgehead atoms. The zero-order valence-electron chi connectivity index (χ0n) is 19.6. The van der Waals surface area contributed by atoms with Crippen molar-refractivity contribution in [1.82, 2.24) is 0 Å². The number of methoxy groups -OCH3 is 1. The molecule has 2 aromatic carbocycles. The number of rotatable bonds is 15. The largest absolute Gasteiger partial charge is 0.497 e. The lowest BCUT2D eigenvalue weighted by Crippen LogP contribution is -2.42. The van der Waals surface area contributed by atoms with Crippen LogP contribution in [0.4, 0.5) is 0 Å². The van der Waals surface area contributed by atoms with E-state index in [0.717, 1.165) is 23.3 Å². The summed E-state index contributed by atoms with van der Waals surface area (Å²) in [6.07, 6.45) is -0.594. The molecule has 0 aromatic heterocycles. The van der Waals surface area contributed by atoms with E-state index in [9.17, 15) is 10.2 Å². The molecule has 0 aliphatic rings. The molecule has 2 aromatic rings. The molecule has 0 saturated heterocycles. The fraction of sp³-hybridized carbons (Fsp3) is 0.538. The van der Waals surface area contributed by atoms with E-state index in [-0.39, 0.29) is 31.3 Å². The van der Waals surface area contributed by atoms with Gasteiger partial charge in [-0.15, -0.1) is 0 Å². The molecule has 0 radical (unpaired) electrons. The van der Waals surface area contributed by atoms with Crippen molar-refractivity contribution in [1.29, 1.82) is 0 Å². The van der Waals surface area contributed by atoms with Crippen LogP contribution in [0, 0.1) is 11.8 Å². The fourth-order valence-corrected chi connectivity index (χ4v) is 3.73. The van der Waals surface area contributed by atoms with E-state index in [2.05, 4.69) is 0 Å². The van der Waals surface area contributed by atoms with Crippen LogP contribution >= 0.6 is 0 Å². The molecule has 0 aliphatic carbocycles. The highest BCUT2D eigenvalue weighted by atomic mass is 16.7. The Kier molecular flexibility index (Phi) is 11.7. The maximum atomic E-state index is 11.0. The van der Waals surface area contributed by atoms with Crippen LogP contribution in [0.1, 0.15) is 38.3 Å². The third-order valence-corrected chi connectivity index (χ3v) is 5.93. The smallest absolute Gasteiger partial charge is 0.147 e. The Bertz CT molecular complexity index is 736.